The van der Waals surface area contributed by atoms with Crippen molar-refractivity contribution in [2.75, 3.05) is 13.1 Å². The summed E-state index contributed by atoms with van der Waals surface area (Å²) in [5.41, 5.74) is 7.12. The van der Waals surface area contributed by atoms with Gasteiger partial charge in [-0.05, 0) is 19.3 Å². The standard InChI is InChI=1S/C9H18N2O3.CH4/c10-4-2-1-3-7(9(13)14)5-8(12)6-11;/h7H,1-6,10-11H2,(H,13,14);1H4/p+2. The van der Waals surface area contributed by atoms with E-state index in [-0.39, 0.29) is 26.2 Å². The molecule has 5 nitrogen and oxygen atoms in total. The number of carboxylic acid groups (broad SMARTS) is 1. The molecule has 0 saturated carbocycles. The maximum absolute atomic E-state index is 11.0. The van der Waals surface area contributed by atoms with Gasteiger partial charge in [-0.3, -0.25) is 9.59 Å². The Morgan fingerprint density at radius 3 is 2.20 bits per heavy atom. The highest BCUT2D eigenvalue weighted by molar-refractivity contribution is 5.84. The molecule has 1 atom stereocenters. The Balaban J connectivity index is 0. The van der Waals surface area contributed by atoms with E-state index in [9.17, 15) is 9.59 Å². The van der Waals surface area contributed by atoms with Crippen LogP contribution in [0.2, 0.25) is 0 Å². The summed E-state index contributed by atoms with van der Waals surface area (Å²) in [5.74, 6) is -1.49. The minimum Gasteiger partial charge on any atom is -0.481 e. The lowest BCUT2D eigenvalue weighted by atomic mass is 9.96. The first kappa shape index (κ1) is 16.5. The molecule has 0 aliphatic heterocycles. The van der Waals surface area contributed by atoms with Crippen molar-refractivity contribution in [3.05, 3.63) is 0 Å². The number of carboxylic acids is 1. The molecule has 0 spiro atoms. The molecule has 0 radical (unpaired) electrons. The van der Waals surface area contributed by atoms with E-state index in [0.29, 0.717) is 6.42 Å². The van der Waals surface area contributed by atoms with E-state index in [4.69, 9.17) is 5.11 Å². The predicted octanol–water partition coefficient (Wildman–Crippen LogP) is -1.06. The monoisotopic (exact) mass is 220 g/mol. The average Bonchev–Trinajstić information content (AvgIpc) is 2.16. The molecule has 0 bridgehead atoms. The molecule has 0 saturated heterocycles. The smallest absolute Gasteiger partial charge is 0.306 e. The van der Waals surface area contributed by atoms with E-state index < -0.39 is 11.9 Å². The summed E-state index contributed by atoms with van der Waals surface area (Å²) < 4.78 is 0. The highest BCUT2D eigenvalue weighted by Gasteiger charge is 2.20. The van der Waals surface area contributed by atoms with E-state index >= 15 is 0 Å². The summed E-state index contributed by atoms with van der Waals surface area (Å²) in [6.07, 6.45) is 2.43. The van der Waals surface area contributed by atoms with Crippen LogP contribution in [0.15, 0.2) is 0 Å². The van der Waals surface area contributed by atoms with Crippen LogP contribution in [-0.2, 0) is 9.59 Å². The minimum atomic E-state index is -0.879. The molecule has 90 valence electrons. The van der Waals surface area contributed by atoms with Gasteiger partial charge in [0.05, 0.1) is 12.5 Å². The van der Waals surface area contributed by atoms with Gasteiger partial charge in [-0.2, -0.15) is 0 Å². The average molecular weight is 220 g/mol. The molecule has 5 heteroatoms. The summed E-state index contributed by atoms with van der Waals surface area (Å²) in [7, 11) is 0. The Hall–Kier alpha value is -0.940. The Morgan fingerprint density at radius 1 is 1.20 bits per heavy atom. The van der Waals surface area contributed by atoms with Gasteiger partial charge in [0.1, 0.15) is 6.54 Å². The zero-order valence-corrected chi connectivity index (χ0v) is 8.50. The number of quaternary nitrogens is 2. The molecule has 1 unspecified atom stereocenters. The number of ketones is 1. The van der Waals surface area contributed by atoms with Crippen molar-refractivity contribution in [1.29, 1.82) is 0 Å². The molecule has 15 heavy (non-hydrogen) atoms. The molecule has 0 aliphatic rings. The second-order valence-electron chi connectivity index (χ2n) is 3.38. The predicted molar refractivity (Wildman–Crippen MR) is 56.8 cm³/mol. The van der Waals surface area contributed by atoms with Crippen LogP contribution >= 0.6 is 0 Å². The zero-order valence-electron chi connectivity index (χ0n) is 8.50. The van der Waals surface area contributed by atoms with Crippen LogP contribution in [0.1, 0.15) is 33.1 Å². The molecule has 0 aromatic rings. The third-order valence-corrected chi connectivity index (χ3v) is 2.15. The number of hydrogen-bond acceptors (Lipinski definition) is 2. The van der Waals surface area contributed by atoms with Crippen molar-refractivity contribution in [3.63, 3.8) is 0 Å². The largest absolute Gasteiger partial charge is 0.481 e. The normalized spacial score (nSPS) is 11.6. The number of carbonyl (C=O) groups excluding carboxylic acids is 1. The highest BCUT2D eigenvalue weighted by atomic mass is 16.4. The summed E-state index contributed by atoms with van der Waals surface area (Å²) >= 11 is 0. The fourth-order valence-corrected chi connectivity index (χ4v) is 1.26. The van der Waals surface area contributed by atoms with Crippen molar-refractivity contribution >= 4 is 11.8 Å². The molecule has 0 heterocycles. The number of Topliss-reactive ketones (excluding diaryl/α,β-unsaturated/α-hetero) is 1. The number of rotatable bonds is 8. The van der Waals surface area contributed by atoms with E-state index in [0.717, 1.165) is 19.4 Å². The lowest BCUT2D eigenvalue weighted by molar-refractivity contribution is -0.368. The molecule has 0 aliphatic carbocycles. The second kappa shape index (κ2) is 9.61. The second-order valence-corrected chi connectivity index (χ2v) is 3.38. The van der Waals surface area contributed by atoms with Crippen molar-refractivity contribution in [2.24, 2.45) is 5.92 Å². The van der Waals surface area contributed by atoms with Crippen LogP contribution in [0.5, 0.6) is 0 Å². The first-order valence-corrected chi connectivity index (χ1v) is 4.94. The van der Waals surface area contributed by atoms with Crippen molar-refractivity contribution < 1.29 is 26.2 Å². The van der Waals surface area contributed by atoms with Crippen LogP contribution in [0.4, 0.5) is 0 Å². The van der Waals surface area contributed by atoms with Crippen LogP contribution in [0, 0.1) is 5.92 Å². The Kier molecular flexibility index (Phi) is 10.6. The summed E-state index contributed by atoms with van der Waals surface area (Å²) in [6, 6.07) is 0. The first-order chi connectivity index (χ1) is 6.61. The van der Waals surface area contributed by atoms with E-state index in [1.54, 1.807) is 0 Å². The Bertz CT molecular complexity index is 195. The lowest BCUT2D eigenvalue weighted by Crippen LogP contribution is -2.54. The quantitative estimate of drug-likeness (QED) is 0.453. The van der Waals surface area contributed by atoms with Gasteiger partial charge in [0.25, 0.3) is 0 Å². The molecule has 0 aromatic carbocycles. The number of hydrogen-bond donors (Lipinski definition) is 3. The summed E-state index contributed by atoms with van der Waals surface area (Å²) in [5, 5.41) is 8.83. The van der Waals surface area contributed by atoms with Gasteiger partial charge in [-0.1, -0.05) is 7.43 Å². The molecule has 0 aromatic heterocycles. The van der Waals surface area contributed by atoms with Gasteiger partial charge < -0.3 is 16.6 Å². The topological polar surface area (TPSA) is 110 Å². The SMILES string of the molecule is C.[NH3+]CCCCC(CC(=O)C[NH3+])C(=O)O. The van der Waals surface area contributed by atoms with Gasteiger partial charge in [-0.15, -0.1) is 0 Å². The Labute approximate surface area is 90.8 Å². The van der Waals surface area contributed by atoms with E-state index in [1.807, 2.05) is 0 Å². The fourth-order valence-electron chi connectivity index (χ4n) is 1.26. The van der Waals surface area contributed by atoms with Gasteiger partial charge in [0.2, 0.25) is 0 Å². The van der Waals surface area contributed by atoms with E-state index in [1.165, 1.54) is 0 Å². The highest BCUT2D eigenvalue weighted by Crippen LogP contribution is 2.12. The van der Waals surface area contributed by atoms with Crippen LogP contribution in [0.3, 0.4) is 0 Å². The maximum Gasteiger partial charge on any atom is 0.306 e. The fraction of sp³-hybridized carbons (Fsp3) is 0.800. The van der Waals surface area contributed by atoms with E-state index in [2.05, 4.69) is 11.5 Å². The summed E-state index contributed by atoms with van der Waals surface area (Å²) in [4.78, 5) is 21.8. The number of aliphatic carboxylic acids is 1. The zero-order chi connectivity index (χ0) is 11.0. The number of carbonyl (C=O) groups is 2. The molecule has 0 rings (SSSR count). The molecule has 0 amide bonds. The van der Waals surface area contributed by atoms with Crippen LogP contribution < -0.4 is 11.5 Å². The van der Waals surface area contributed by atoms with Crippen LogP contribution in [0.25, 0.3) is 0 Å². The van der Waals surface area contributed by atoms with Gasteiger partial charge in [0, 0.05) is 6.42 Å². The van der Waals surface area contributed by atoms with Crippen LogP contribution in [-0.4, -0.2) is 29.9 Å². The summed E-state index contributed by atoms with van der Waals surface area (Å²) in [6.45, 7) is 0.995. The lowest BCUT2D eigenvalue weighted by Gasteiger charge is -2.09. The molecular formula is C10H24N2O3+2. The molecule has 0 fully saturated rings. The van der Waals surface area contributed by atoms with Gasteiger partial charge in [0.15, 0.2) is 5.78 Å². The first-order valence-electron chi connectivity index (χ1n) is 4.94. The Morgan fingerprint density at radius 2 is 1.80 bits per heavy atom. The molecule has 7 N–H and O–H groups in total. The third-order valence-electron chi connectivity index (χ3n) is 2.15. The maximum atomic E-state index is 11.0. The third kappa shape index (κ3) is 8.08. The van der Waals surface area contributed by atoms with Crippen molar-refractivity contribution in [1.82, 2.24) is 0 Å². The van der Waals surface area contributed by atoms with Gasteiger partial charge in [-0.25, -0.2) is 0 Å². The molecular weight excluding hydrogens is 196 g/mol. The van der Waals surface area contributed by atoms with Crippen molar-refractivity contribution in [3.8, 4) is 0 Å². The van der Waals surface area contributed by atoms with Gasteiger partial charge >= 0.3 is 5.97 Å². The van der Waals surface area contributed by atoms with Crippen molar-refractivity contribution in [2.45, 2.75) is 33.1 Å². The number of unbranched alkanes of at least 4 members (excludes halogenated alkanes) is 1. The minimum absolute atomic E-state index is 0.